The van der Waals surface area contributed by atoms with E-state index in [1.807, 2.05) is 50.8 Å². The van der Waals surface area contributed by atoms with Crippen LogP contribution in [0.2, 0.25) is 0 Å². The highest BCUT2D eigenvalue weighted by molar-refractivity contribution is 7.92. The zero-order valence-corrected chi connectivity index (χ0v) is 17.6. The third-order valence-electron chi connectivity index (χ3n) is 5.64. The molecule has 0 aromatic carbocycles. The molecule has 2 atom stereocenters. The first-order valence-corrected chi connectivity index (χ1v) is 11.5. The van der Waals surface area contributed by atoms with Crippen LogP contribution in [0.3, 0.4) is 0 Å². The summed E-state index contributed by atoms with van der Waals surface area (Å²) in [5, 5.41) is -0.395. The van der Waals surface area contributed by atoms with Crippen molar-refractivity contribution >= 4 is 15.7 Å². The van der Waals surface area contributed by atoms with Gasteiger partial charge in [0.1, 0.15) is 0 Å². The molecule has 1 aromatic heterocycles. The van der Waals surface area contributed by atoms with E-state index in [0.717, 1.165) is 11.4 Å². The molecule has 27 heavy (non-hydrogen) atoms. The van der Waals surface area contributed by atoms with E-state index >= 15 is 0 Å². The monoisotopic (exact) mass is 393 g/mol. The second kappa shape index (κ2) is 7.51. The summed E-state index contributed by atoms with van der Waals surface area (Å²) in [6, 6.07) is 5.90. The van der Waals surface area contributed by atoms with E-state index < -0.39 is 20.5 Å². The average Bonchev–Trinajstić information content (AvgIpc) is 2.80. The van der Waals surface area contributed by atoms with E-state index in [-0.39, 0.29) is 17.7 Å². The Balaban J connectivity index is 1.81. The molecule has 0 unspecified atom stereocenters. The van der Waals surface area contributed by atoms with Gasteiger partial charge in [-0.05, 0) is 31.9 Å². The number of aryl methyl sites for hydroxylation is 1. The molecule has 3 heterocycles. The SMILES string of the molecule is Cc1cccc(CN2CCS(=O)(=O)[C@@H]3CCN(C(=O)C(C)(C)C)CC[C@@H]32)n1. The Labute approximate surface area is 162 Å². The topological polar surface area (TPSA) is 70.6 Å². The second-order valence-electron chi connectivity index (χ2n) is 8.83. The predicted octanol–water partition coefficient (Wildman–Crippen LogP) is 2.03. The Bertz CT molecular complexity index is 801. The lowest BCUT2D eigenvalue weighted by molar-refractivity contribution is -0.139. The Kier molecular flexibility index (Phi) is 5.64. The van der Waals surface area contributed by atoms with Crippen molar-refractivity contribution in [3.63, 3.8) is 0 Å². The molecule has 0 N–H and O–H groups in total. The minimum absolute atomic E-state index is 0.0520. The Hall–Kier alpha value is -1.47. The van der Waals surface area contributed by atoms with E-state index in [4.69, 9.17) is 0 Å². The summed E-state index contributed by atoms with van der Waals surface area (Å²) in [7, 11) is -3.12. The van der Waals surface area contributed by atoms with Crippen LogP contribution in [0.1, 0.15) is 45.0 Å². The van der Waals surface area contributed by atoms with Crippen molar-refractivity contribution in [3.8, 4) is 0 Å². The maximum Gasteiger partial charge on any atom is 0.227 e. The summed E-state index contributed by atoms with van der Waals surface area (Å²) >= 11 is 0. The van der Waals surface area contributed by atoms with Crippen molar-refractivity contribution in [1.29, 1.82) is 0 Å². The number of fused-ring (bicyclic) bond motifs is 1. The fourth-order valence-electron chi connectivity index (χ4n) is 4.23. The van der Waals surface area contributed by atoms with Gasteiger partial charge in [0.25, 0.3) is 0 Å². The summed E-state index contributed by atoms with van der Waals surface area (Å²) in [5.41, 5.74) is 1.50. The maximum absolute atomic E-state index is 12.7. The first-order valence-electron chi connectivity index (χ1n) is 9.75. The minimum Gasteiger partial charge on any atom is -0.342 e. The summed E-state index contributed by atoms with van der Waals surface area (Å²) in [6.07, 6.45) is 1.21. The maximum atomic E-state index is 12.7. The highest BCUT2D eigenvalue weighted by Crippen LogP contribution is 2.30. The third kappa shape index (κ3) is 4.51. The van der Waals surface area contributed by atoms with Crippen LogP contribution in [0.5, 0.6) is 0 Å². The number of nitrogens with zero attached hydrogens (tertiary/aromatic N) is 3. The number of hydrogen-bond acceptors (Lipinski definition) is 5. The molecule has 2 aliphatic heterocycles. The molecule has 0 radical (unpaired) electrons. The first kappa shape index (κ1) is 20.3. The summed E-state index contributed by atoms with van der Waals surface area (Å²) in [6.45, 7) is 10.0. The zero-order valence-electron chi connectivity index (χ0n) is 16.8. The highest BCUT2D eigenvalue weighted by atomic mass is 32.2. The number of sulfone groups is 1. The van der Waals surface area contributed by atoms with E-state index in [9.17, 15) is 13.2 Å². The number of aromatic nitrogens is 1. The molecular weight excluding hydrogens is 362 g/mol. The van der Waals surface area contributed by atoms with Gasteiger partial charge in [-0.2, -0.15) is 0 Å². The fraction of sp³-hybridized carbons (Fsp3) is 0.700. The van der Waals surface area contributed by atoms with Crippen molar-refractivity contribution in [2.75, 3.05) is 25.4 Å². The number of rotatable bonds is 2. The molecule has 1 amide bonds. The van der Waals surface area contributed by atoms with Gasteiger partial charge in [0.05, 0.1) is 16.7 Å². The molecule has 0 bridgehead atoms. The minimum atomic E-state index is -3.12. The van der Waals surface area contributed by atoms with Gasteiger partial charge in [-0.3, -0.25) is 14.7 Å². The van der Waals surface area contributed by atoms with E-state index in [2.05, 4.69) is 9.88 Å². The zero-order chi connectivity index (χ0) is 19.8. The molecule has 6 nitrogen and oxygen atoms in total. The van der Waals surface area contributed by atoms with Gasteiger partial charge in [0, 0.05) is 43.3 Å². The van der Waals surface area contributed by atoms with Crippen LogP contribution in [0.4, 0.5) is 0 Å². The lowest BCUT2D eigenvalue weighted by atomic mass is 9.94. The number of pyridine rings is 1. The molecule has 2 fully saturated rings. The van der Waals surface area contributed by atoms with Gasteiger partial charge in [0.2, 0.25) is 5.91 Å². The number of carbonyl (C=O) groups is 1. The lowest BCUT2D eigenvalue weighted by Crippen LogP contribution is -2.54. The number of likely N-dealkylation sites (tertiary alicyclic amines) is 1. The van der Waals surface area contributed by atoms with Crippen LogP contribution in [0, 0.1) is 12.3 Å². The summed E-state index contributed by atoms with van der Waals surface area (Å²) < 4.78 is 25.5. The van der Waals surface area contributed by atoms with E-state index in [1.165, 1.54) is 0 Å². The molecule has 0 spiro atoms. The van der Waals surface area contributed by atoms with Gasteiger partial charge < -0.3 is 4.90 Å². The standard InChI is InChI=1S/C20H31N3O3S/c1-15-6-5-7-16(21-15)14-23-12-13-27(25,26)18-9-11-22(10-8-17(18)23)19(24)20(2,3)4/h5-7,17-18H,8-14H2,1-4H3/t17-,18+/m0/s1. The van der Waals surface area contributed by atoms with Gasteiger partial charge in [-0.25, -0.2) is 8.42 Å². The smallest absolute Gasteiger partial charge is 0.227 e. The molecule has 0 saturated carbocycles. The molecular formula is C20H31N3O3S. The normalized spacial score (nSPS) is 26.3. The Morgan fingerprint density at radius 2 is 1.89 bits per heavy atom. The third-order valence-corrected chi connectivity index (χ3v) is 7.86. The molecule has 2 aliphatic rings. The highest BCUT2D eigenvalue weighted by Gasteiger charge is 2.44. The van der Waals surface area contributed by atoms with Crippen LogP contribution in [0.25, 0.3) is 0 Å². The lowest BCUT2D eigenvalue weighted by Gasteiger charge is -2.39. The average molecular weight is 394 g/mol. The summed E-state index contributed by atoms with van der Waals surface area (Å²) in [5.74, 6) is 0.290. The first-order chi connectivity index (χ1) is 12.6. The largest absolute Gasteiger partial charge is 0.342 e. The van der Waals surface area contributed by atoms with Crippen LogP contribution >= 0.6 is 0 Å². The van der Waals surface area contributed by atoms with Crippen molar-refractivity contribution in [2.24, 2.45) is 5.41 Å². The van der Waals surface area contributed by atoms with Crippen LogP contribution < -0.4 is 0 Å². The van der Waals surface area contributed by atoms with Crippen molar-refractivity contribution in [2.45, 2.75) is 58.4 Å². The van der Waals surface area contributed by atoms with E-state index in [0.29, 0.717) is 39.0 Å². The Morgan fingerprint density at radius 3 is 2.56 bits per heavy atom. The van der Waals surface area contributed by atoms with E-state index in [1.54, 1.807) is 0 Å². The molecule has 150 valence electrons. The van der Waals surface area contributed by atoms with Crippen molar-refractivity contribution < 1.29 is 13.2 Å². The molecule has 0 aliphatic carbocycles. The quantitative estimate of drug-likeness (QED) is 0.769. The van der Waals surface area contributed by atoms with Crippen LogP contribution in [0.15, 0.2) is 18.2 Å². The van der Waals surface area contributed by atoms with Crippen LogP contribution in [-0.2, 0) is 21.2 Å². The van der Waals surface area contributed by atoms with Gasteiger partial charge >= 0.3 is 0 Å². The number of carbonyl (C=O) groups excluding carboxylic acids is 1. The molecule has 1 aromatic rings. The van der Waals surface area contributed by atoms with Crippen LogP contribution in [-0.4, -0.2) is 65.8 Å². The molecule has 2 saturated heterocycles. The van der Waals surface area contributed by atoms with Gasteiger partial charge in [-0.1, -0.05) is 26.8 Å². The number of amides is 1. The second-order valence-corrected chi connectivity index (χ2v) is 11.2. The Morgan fingerprint density at radius 1 is 1.19 bits per heavy atom. The van der Waals surface area contributed by atoms with Gasteiger partial charge in [0.15, 0.2) is 9.84 Å². The van der Waals surface area contributed by atoms with Crippen molar-refractivity contribution in [3.05, 3.63) is 29.6 Å². The predicted molar refractivity (Wildman–Crippen MR) is 106 cm³/mol. The molecule has 3 rings (SSSR count). The number of hydrogen-bond donors (Lipinski definition) is 0. The molecule has 7 heteroatoms. The van der Waals surface area contributed by atoms with Gasteiger partial charge in [-0.15, -0.1) is 0 Å². The fourth-order valence-corrected chi connectivity index (χ4v) is 6.27. The van der Waals surface area contributed by atoms with Crippen molar-refractivity contribution in [1.82, 2.24) is 14.8 Å². The summed E-state index contributed by atoms with van der Waals surface area (Å²) in [4.78, 5) is 21.4.